The molecule has 1 aromatic heterocycles. The van der Waals surface area contributed by atoms with Crippen molar-refractivity contribution in [1.82, 2.24) is 4.98 Å². The molecule has 0 saturated carbocycles. The summed E-state index contributed by atoms with van der Waals surface area (Å²) in [5.74, 6) is 0. The Kier molecular flexibility index (Phi) is 3.01. The SMILES string of the molecule is CC1(C)c2ccccc2-c2cc3[nH]c4cc(-c5ccccc5)ccc4c3cc21. The van der Waals surface area contributed by atoms with E-state index in [1.807, 2.05) is 0 Å². The third-order valence-electron chi connectivity index (χ3n) is 6.41. The first-order valence-corrected chi connectivity index (χ1v) is 9.88. The third-order valence-corrected chi connectivity index (χ3v) is 6.41. The molecule has 5 aromatic rings. The first-order chi connectivity index (χ1) is 13.6. The Morgan fingerprint density at radius 3 is 2.18 bits per heavy atom. The molecule has 134 valence electrons. The molecule has 0 spiro atoms. The highest BCUT2D eigenvalue weighted by Crippen LogP contribution is 2.50. The van der Waals surface area contributed by atoms with Crippen molar-refractivity contribution >= 4 is 21.8 Å². The quantitative estimate of drug-likeness (QED) is 0.323. The summed E-state index contributed by atoms with van der Waals surface area (Å²) in [4.78, 5) is 3.68. The van der Waals surface area contributed by atoms with E-state index in [-0.39, 0.29) is 5.41 Å². The van der Waals surface area contributed by atoms with Gasteiger partial charge in [0.2, 0.25) is 0 Å². The van der Waals surface area contributed by atoms with Crippen molar-refractivity contribution in [1.29, 1.82) is 0 Å². The summed E-state index contributed by atoms with van der Waals surface area (Å²) in [6.07, 6.45) is 0. The van der Waals surface area contributed by atoms with E-state index in [1.54, 1.807) is 0 Å². The summed E-state index contributed by atoms with van der Waals surface area (Å²) >= 11 is 0. The number of aromatic amines is 1. The van der Waals surface area contributed by atoms with Crippen LogP contribution in [0.25, 0.3) is 44.1 Å². The van der Waals surface area contributed by atoms with Crippen LogP contribution in [0.15, 0.2) is 84.9 Å². The van der Waals surface area contributed by atoms with E-state index in [9.17, 15) is 0 Å². The van der Waals surface area contributed by atoms with Crippen LogP contribution < -0.4 is 0 Å². The number of aromatic nitrogens is 1. The summed E-state index contributed by atoms with van der Waals surface area (Å²) < 4.78 is 0. The van der Waals surface area contributed by atoms with Crippen LogP contribution in [0.3, 0.4) is 0 Å². The van der Waals surface area contributed by atoms with Crippen LogP contribution >= 0.6 is 0 Å². The molecule has 28 heavy (non-hydrogen) atoms. The summed E-state index contributed by atoms with van der Waals surface area (Å²) in [7, 11) is 0. The lowest BCUT2D eigenvalue weighted by Crippen LogP contribution is -2.14. The fourth-order valence-electron chi connectivity index (χ4n) is 4.91. The van der Waals surface area contributed by atoms with E-state index in [0.717, 1.165) is 0 Å². The number of hydrogen-bond acceptors (Lipinski definition) is 0. The maximum atomic E-state index is 3.68. The van der Waals surface area contributed by atoms with Crippen molar-refractivity contribution in [2.45, 2.75) is 19.3 Å². The fourth-order valence-corrected chi connectivity index (χ4v) is 4.91. The summed E-state index contributed by atoms with van der Waals surface area (Å²) in [5.41, 5.74) is 10.5. The molecule has 1 N–H and O–H groups in total. The molecule has 4 aromatic carbocycles. The highest BCUT2D eigenvalue weighted by molar-refractivity contribution is 6.10. The second kappa shape index (κ2) is 5.36. The predicted octanol–water partition coefficient (Wildman–Crippen LogP) is 7.29. The normalized spacial score (nSPS) is 14.4. The number of rotatable bonds is 1. The molecule has 1 nitrogen and oxygen atoms in total. The van der Waals surface area contributed by atoms with Gasteiger partial charge in [-0.05, 0) is 51.6 Å². The molecule has 1 heterocycles. The predicted molar refractivity (Wildman–Crippen MR) is 119 cm³/mol. The summed E-state index contributed by atoms with van der Waals surface area (Å²) in [5, 5.41) is 2.61. The minimum Gasteiger partial charge on any atom is -0.354 e. The second-order valence-electron chi connectivity index (χ2n) is 8.37. The van der Waals surface area contributed by atoms with Crippen LogP contribution in [0.5, 0.6) is 0 Å². The standard InChI is InChI=1S/C27H21N/c1-27(2)23-11-7-6-10-19(23)21-16-26-22(15-24(21)27)20-13-12-18(14-25(20)28-26)17-8-4-3-5-9-17/h3-16,28H,1-2H3. The Hall–Kier alpha value is -3.32. The maximum absolute atomic E-state index is 3.68. The van der Waals surface area contributed by atoms with Gasteiger partial charge in [0.1, 0.15) is 0 Å². The Bertz CT molecular complexity index is 1370. The van der Waals surface area contributed by atoms with E-state index in [2.05, 4.69) is 104 Å². The maximum Gasteiger partial charge on any atom is 0.0471 e. The third kappa shape index (κ3) is 2.02. The molecule has 6 rings (SSSR count). The van der Waals surface area contributed by atoms with Crippen molar-refractivity contribution in [3.8, 4) is 22.3 Å². The van der Waals surface area contributed by atoms with Gasteiger partial charge in [-0.15, -0.1) is 0 Å². The Balaban J connectivity index is 1.61. The van der Waals surface area contributed by atoms with Crippen molar-refractivity contribution < 1.29 is 0 Å². The summed E-state index contributed by atoms with van der Waals surface area (Å²) in [6.45, 7) is 4.68. The van der Waals surface area contributed by atoms with Crippen molar-refractivity contribution in [3.63, 3.8) is 0 Å². The molecule has 0 unspecified atom stereocenters. The molecule has 1 aliphatic carbocycles. The Morgan fingerprint density at radius 1 is 0.571 bits per heavy atom. The molecular weight excluding hydrogens is 338 g/mol. The summed E-state index contributed by atoms with van der Waals surface area (Å²) in [6, 6.07) is 30.9. The Labute approximate surface area is 164 Å². The van der Waals surface area contributed by atoms with Gasteiger partial charge in [-0.3, -0.25) is 0 Å². The average molecular weight is 359 g/mol. The minimum atomic E-state index is 0.0354. The zero-order chi connectivity index (χ0) is 18.9. The van der Waals surface area contributed by atoms with Crippen molar-refractivity contribution in [2.75, 3.05) is 0 Å². The van der Waals surface area contributed by atoms with Gasteiger partial charge in [0.25, 0.3) is 0 Å². The molecule has 0 saturated heterocycles. The van der Waals surface area contributed by atoms with Crippen LogP contribution in [0.4, 0.5) is 0 Å². The van der Waals surface area contributed by atoms with E-state index in [4.69, 9.17) is 0 Å². The molecule has 0 bridgehead atoms. The first-order valence-electron chi connectivity index (χ1n) is 9.88. The van der Waals surface area contributed by atoms with E-state index in [0.29, 0.717) is 0 Å². The van der Waals surface area contributed by atoms with Crippen LogP contribution in [0, 0.1) is 0 Å². The number of fused-ring (bicyclic) bond motifs is 6. The van der Waals surface area contributed by atoms with Gasteiger partial charge in [-0.1, -0.05) is 80.6 Å². The number of benzene rings is 4. The smallest absolute Gasteiger partial charge is 0.0471 e. The van der Waals surface area contributed by atoms with Gasteiger partial charge in [-0.2, -0.15) is 0 Å². The molecule has 0 aliphatic heterocycles. The molecule has 1 aliphatic rings. The van der Waals surface area contributed by atoms with Gasteiger partial charge in [0.15, 0.2) is 0 Å². The molecule has 0 radical (unpaired) electrons. The lowest BCUT2D eigenvalue weighted by atomic mass is 9.82. The van der Waals surface area contributed by atoms with Crippen molar-refractivity contribution in [2.24, 2.45) is 0 Å². The average Bonchev–Trinajstić information content (AvgIpc) is 3.20. The van der Waals surface area contributed by atoms with Gasteiger partial charge in [0.05, 0.1) is 0 Å². The van der Waals surface area contributed by atoms with Crippen LogP contribution in [0.1, 0.15) is 25.0 Å². The fraction of sp³-hybridized carbons (Fsp3) is 0.111. The second-order valence-corrected chi connectivity index (χ2v) is 8.37. The lowest BCUT2D eigenvalue weighted by molar-refractivity contribution is 0.661. The van der Waals surface area contributed by atoms with Crippen LogP contribution in [0.2, 0.25) is 0 Å². The van der Waals surface area contributed by atoms with Gasteiger partial charge < -0.3 is 4.98 Å². The van der Waals surface area contributed by atoms with E-state index >= 15 is 0 Å². The highest BCUT2D eigenvalue weighted by atomic mass is 14.7. The lowest BCUT2D eigenvalue weighted by Gasteiger charge is -2.21. The topological polar surface area (TPSA) is 15.8 Å². The molecule has 0 amide bonds. The van der Waals surface area contributed by atoms with E-state index < -0.39 is 0 Å². The number of nitrogens with one attached hydrogen (secondary N) is 1. The van der Waals surface area contributed by atoms with Crippen molar-refractivity contribution in [3.05, 3.63) is 96.1 Å². The molecule has 1 heteroatoms. The zero-order valence-electron chi connectivity index (χ0n) is 16.1. The largest absolute Gasteiger partial charge is 0.354 e. The van der Waals surface area contributed by atoms with Gasteiger partial charge in [-0.25, -0.2) is 0 Å². The first kappa shape index (κ1) is 15.7. The van der Waals surface area contributed by atoms with Crippen LogP contribution in [-0.2, 0) is 5.41 Å². The number of H-pyrrole nitrogens is 1. The number of hydrogen-bond donors (Lipinski definition) is 1. The molecule has 0 atom stereocenters. The monoisotopic (exact) mass is 359 g/mol. The van der Waals surface area contributed by atoms with Gasteiger partial charge >= 0.3 is 0 Å². The molecular formula is C27H21N. The van der Waals surface area contributed by atoms with Gasteiger partial charge in [0, 0.05) is 27.2 Å². The highest BCUT2D eigenvalue weighted by Gasteiger charge is 2.35. The minimum absolute atomic E-state index is 0.0354. The van der Waals surface area contributed by atoms with Crippen LogP contribution in [-0.4, -0.2) is 4.98 Å². The Morgan fingerprint density at radius 2 is 1.32 bits per heavy atom. The molecule has 0 fully saturated rings. The van der Waals surface area contributed by atoms with E-state index in [1.165, 1.54) is 55.2 Å². The zero-order valence-corrected chi connectivity index (χ0v) is 16.1.